The highest BCUT2D eigenvalue weighted by atomic mass is 79.9. The predicted molar refractivity (Wildman–Crippen MR) is 97.5 cm³/mol. The summed E-state index contributed by atoms with van der Waals surface area (Å²) in [7, 11) is -2.56. The first-order chi connectivity index (χ1) is 11.8. The molecule has 1 aromatic heterocycles. The summed E-state index contributed by atoms with van der Waals surface area (Å²) in [6.07, 6.45) is -0.259. The lowest BCUT2D eigenvalue weighted by atomic mass is 10.3. The summed E-state index contributed by atoms with van der Waals surface area (Å²) >= 11 is 4.46. The van der Waals surface area contributed by atoms with Crippen molar-refractivity contribution in [2.75, 3.05) is 13.7 Å². The van der Waals surface area contributed by atoms with Crippen LogP contribution in [0.4, 0.5) is 0 Å². The normalized spacial score (nSPS) is 12.6. The molecular formula is C15H17BrN2O5S2. The third-order valence-corrected chi connectivity index (χ3v) is 6.13. The third-order valence-electron chi connectivity index (χ3n) is 3.18. The zero-order valence-corrected chi connectivity index (χ0v) is 17.0. The minimum atomic E-state index is -4.03. The first kappa shape index (κ1) is 19.8. The van der Waals surface area contributed by atoms with Crippen molar-refractivity contribution < 1.29 is 22.7 Å². The number of aromatic nitrogens is 1. The van der Waals surface area contributed by atoms with Crippen molar-refractivity contribution in [2.45, 2.75) is 24.8 Å². The van der Waals surface area contributed by atoms with Gasteiger partial charge in [0.15, 0.2) is 0 Å². The molecule has 0 bridgehead atoms. The van der Waals surface area contributed by atoms with Crippen molar-refractivity contribution in [3.63, 3.8) is 0 Å². The number of thiazole rings is 1. The van der Waals surface area contributed by atoms with Crippen molar-refractivity contribution in [3.05, 3.63) is 38.8 Å². The van der Waals surface area contributed by atoms with Crippen LogP contribution in [-0.2, 0) is 14.8 Å². The molecule has 1 unspecified atom stereocenters. The lowest BCUT2D eigenvalue weighted by Crippen LogP contribution is -2.30. The Morgan fingerprint density at radius 2 is 2.16 bits per heavy atom. The van der Waals surface area contributed by atoms with Gasteiger partial charge in [-0.2, -0.15) is 0 Å². The Balaban J connectivity index is 2.17. The van der Waals surface area contributed by atoms with Crippen LogP contribution in [-0.4, -0.2) is 33.0 Å². The number of sulfonamides is 1. The summed E-state index contributed by atoms with van der Waals surface area (Å²) < 4.78 is 37.7. The molecule has 1 N–H and O–H groups in total. The van der Waals surface area contributed by atoms with Crippen LogP contribution >= 0.6 is 27.3 Å². The van der Waals surface area contributed by atoms with Crippen LogP contribution in [0.2, 0.25) is 0 Å². The number of methoxy groups -OCH3 is 1. The van der Waals surface area contributed by atoms with Gasteiger partial charge in [0.1, 0.15) is 22.6 Å². The van der Waals surface area contributed by atoms with Crippen molar-refractivity contribution in [3.8, 4) is 5.75 Å². The van der Waals surface area contributed by atoms with E-state index in [2.05, 4.69) is 20.9 Å². The van der Waals surface area contributed by atoms with E-state index in [9.17, 15) is 13.2 Å². The van der Waals surface area contributed by atoms with Gasteiger partial charge < -0.3 is 9.47 Å². The van der Waals surface area contributed by atoms with E-state index in [1.54, 1.807) is 0 Å². The quantitative estimate of drug-likeness (QED) is 0.698. The number of carbonyl (C=O) groups excluding carboxylic acids is 1. The fourth-order valence-electron chi connectivity index (χ4n) is 1.95. The maximum Gasteiger partial charge on any atom is 0.284 e. The highest BCUT2D eigenvalue weighted by molar-refractivity contribution is 9.10. The Morgan fingerprint density at radius 1 is 1.44 bits per heavy atom. The van der Waals surface area contributed by atoms with E-state index in [1.807, 2.05) is 18.6 Å². The molecule has 1 aromatic carbocycles. The van der Waals surface area contributed by atoms with Crippen LogP contribution in [0.3, 0.4) is 0 Å². The van der Waals surface area contributed by atoms with Crippen molar-refractivity contribution in [1.29, 1.82) is 0 Å². The van der Waals surface area contributed by atoms with Gasteiger partial charge in [-0.05, 0) is 48.0 Å². The van der Waals surface area contributed by atoms with Crippen LogP contribution in [0.15, 0.2) is 32.9 Å². The summed E-state index contributed by atoms with van der Waals surface area (Å²) in [6.45, 7) is 4.19. The standard InChI is InChI=1S/C15H17BrN2O5S2/c1-4-23-9(2)15-17-12(8-24-15)14(19)18-25(20,21)10-5-6-13(22-3)11(16)7-10/h5-9H,4H2,1-3H3,(H,18,19). The smallest absolute Gasteiger partial charge is 0.284 e. The van der Waals surface area contributed by atoms with Gasteiger partial charge in [0.2, 0.25) is 0 Å². The van der Waals surface area contributed by atoms with Gasteiger partial charge in [0, 0.05) is 12.0 Å². The summed E-state index contributed by atoms with van der Waals surface area (Å²) in [5.41, 5.74) is 0.0303. The Kier molecular flexibility index (Phi) is 6.55. The van der Waals surface area contributed by atoms with Crippen molar-refractivity contribution >= 4 is 43.2 Å². The molecule has 2 rings (SSSR count). The maximum atomic E-state index is 12.4. The van der Waals surface area contributed by atoms with E-state index >= 15 is 0 Å². The molecule has 0 saturated carbocycles. The summed E-state index contributed by atoms with van der Waals surface area (Å²) in [5, 5.41) is 2.11. The second kappa shape index (κ2) is 8.26. The lowest BCUT2D eigenvalue weighted by molar-refractivity contribution is 0.0760. The molecule has 1 atom stereocenters. The molecule has 0 aliphatic heterocycles. The van der Waals surface area contributed by atoms with E-state index in [-0.39, 0.29) is 16.7 Å². The van der Waals surface area contributed by atoms with Crippen molar-refractivity contribution in [1.82, 2.24) is 9.71 Å². The SMILES string of the molecule is CCOC(C)c1nc(C(=O)NS(=O)(=O)c2ccc(OC)c(Br)c2)cs1. The summed E-state index contributed by atoms with van der Waals surface area (Å²) in [5.74, 6) is -0.308. The van der Waals surface area contributed by atoms with Crippen LogP contribution < -0.4 is 9.46 Å². The summed E-state index contributed by atoms with van der Waals surface area (Å²) in [6, 6.07) is 4.20. The first-order valence-electron chi connectivity index (χ1n) is 7.26. The number of hydrogen-bond donors (Lipinski definition) is 1. The highest BCUT2D eigenvalue weighted by Crippen LogP contribution is 2.27. The average Bonchev–Trinajstić information content (AvgIpc) is 3.05. The molecule has 2 aromatic rings. The molecule has 0 radical (unpaired) electrons. The largest absolute Gasteiger partial charge is 0.496 e. The van der Waals surface area contributed by atoms with E-state index in [0.29, 0.717) is 21.8 Å². The number of benzene rings is 1. The van der Waals surface area contributed by atoms with E-state index < -0.39 is 15.9 Å². The highest BCUT2D eigenvalue weighted by Gasteiger charge is 2.22. The number of ether oxygens (including phenoxy) is 2. The lowest BCUT2D eigenvalue weighted by Gasteiger charge is -2.09. The number of carbonyl (C=O) groups is 1. The summed E-state index contributed by atoms with van der Waals surface area (Å²) in [4.78, 5) is 16.3. The van der Waals surface area contributed by atoms with Crippen molar-refractivity contribution in [2.24, 2.45) is 0 Å². The van der Waals surface area contributed by atoms with E-state index in [0.717, 1.165) is 0 Å². The second-order valence-corrected chi connectivity index (χ2v) is 8.33. The molecule has 7 nitrogen and oxygen atoms in total. The molecule has 0 fully saturated rings. The van der Waals surface area contributed by atoms with Gasteiger partial charge in [-0.25, -0.2) is 18.1 Å². The molecule has 136 valence electrons. The van der Waals surface area contributed by atoms with Gasteiger partial charge in [0.05, 0.1) is 16.5 Å². The number of amides is 1. The average molecular weight is 449 g/mol. The minimum Gasteiger partial charge on any atom is -0.496 e. The molecule has 10 heteroatoms. The van der Waals surface area contributed by atoms with Crippen LogP contribution in [0.25, 0.3) is 0 Å². The Hall–Kier alpha value is -1.49. The van der Waals surface area contributed by atoms with Gasteiger partial charge in [-0.15, -0.1) is 11.3 Å². The van der Waals surface area contributed by atoms with Crippen LogP contribution in [0.1, 0.15) is 35.4 Å². The zero-order valence-electron chi connectivity index (χ0n) is 13.8. The molecule has 1 heterocycles. The monoisotopic (exact) mass is 448 g/mol. The molecule has 0 saturated heterocycles. The number of nitrogens with zero attached hydrogens (tertiary/aromatic N) is 1. The Labute approximate surface area is 158 Å². The molecule has 0 aliphatic rings. The topological polar surface area (TPSA) is 94.6 Å². The molecule has 0 aliphatic carbocycles. The van der Waals surface area contributed by atoms with E-state index in [1.165, 1.54) is 42.0 Å². The van der Waals surface area contributed by atoms with Gasteiger partial charge in [-0.1, -0.05) is 0 Å². The molecule has 25 heavy (non-hydrogen) atoms. The Bertz CT molecular complexity index is 867. The van der Waals surface area contributed by atoms with Crippen LogP contribution in [0, 0.1) is 0 Å². The van der Waals surface area contributed by atoms with Gasteiger partial charge in [0.25, 0.3) is 15.9 Å². The molecular weight excluding hydrogens is 432 g/mol. The fraction of sp³-hybridized carbons (Fsp3) is 0.333. The van der Waals surface area contributed by atoms with Gasteiger partial charge in [-0.3, -0.25) is 4.79 Å². The second-order valence-electron chi connectivity index (χ2n) is 4.90. The van der Waals surface area contributed by atoms with E-state index in [4.69, 9.17) is 9.47 Å². The molecule has 0 spiro atoms. The predicted octanol–water partition coefficient (Wildman–Crippen LogP) is 3.13. The fourth-order valence-corrected chi connectivity index (χ4v) is 4.43. The third kappa shape index (κ3) is 4.78. The zero-order chi connectivity index (χ0) is 18.6. The number of hydrogen-bond acceptors (Lipinski definition) is 7. The first-order valence-corrected chi connectivity index (χ1v) is 10.4. The number of halogens is 1. The van der Waals surface area contributed by atoms with Gasteiger partial charge >= 0.3 is 0 Å². The molecule has 1 amide bonds. The number of rotatable bonds is 7. The minimum absolute atomic E-state index is 0.0303. The van der Waals surface area contributed by atoms with Crippen LogP contribution in [0.5, 0.6) is 5.75 Å². The maximum absolute atomic E-state index is 12.4. The Morgan fingerprint density at radius 3 is 2.76 bits per heavy atom. The number of nitrogens with one attached hydrogen (secondary N) is 1.